The zero-order chi connectivity index (χ0) is 9.27. The molecule has 4 rings (SSSR count). The molecule has 0 nitrogen and oxygen atoms in total. The molecule has 0 spiro atoms. The normalized spacial score (nSPS) is 52.8. The van der Waals surface area contributed by atoms with Gasteiger partial charge in [0.15, 0.2) is 0 Å². The van der Waals surface area contributed by atoms with Gasteiger partial charge in [0, 0.05) is 5.92 Å². The Morgan fingerprint density at radius 2 is 1.54 bits per heavy atom. The first-order chi connectivity index (χ1) is 6.01. The fourth-order valence-electron chi connectivity index (χ4n) is 3.56. The van der Waals surface area contributed by atoms with Crippen molar-refractivity contribution >= 4 is 47.8 Å². The van der Waals surface area contributed by atoms with Gasteiger partial charge in [-0.1, -0.05) is 47.8 Å². The molecule has 0 aliphatic heterocycles. The standard InChI is InChI=1S/C10H12Br3/c11-9-4-6-1-7(5-9)3-8(2-6)10(9,12)13/h6-7H,1-5H2. The summed E-state index contributed by atoms with van der Waals surface area (Å²) in [6, 6.07) is 0. The molecule has 73 valence electrons. The van der Waals surface area contributed by atoms with E-state index in [0.29, 0.717) is 4.32 Å². The molecule has 0 aromatic heterocycles. The molecule has 2 unspecified atom stereocenters. The molecule has 2 atom stereocenters. The minimum absolute atomic E-state index is 0.0976. The van der Waals surface area contributed by atoms with E-state index < -0.39 is 0 Å². The molecule has 4 saturated carbocycles. The van der Waals surface area contributed by atoms with Crippen molar-refractivity contribution in [2.45, 2.75) is 39.7 Å². The third-order valence-corrected chi connectivity index (χ3v) is 8.91. The van der Waals surface area contributed by atoms with Gasteiger partial charge in [-0.05, 0) is 43.9 Å². The quantitative estimate of drug-likeness (QED) is 0.553. The van der Waals surface area contributed by atoms with Crippen LogP contribution in [0.1, 0.15) is 32.1 Å². The summed E-state index contributed by atoms with van der Waals surface area (Å²) in [5.41, 5.74) is 0. The van der Waals surface area contributed by atoms with E-state index in [1.165, 1.54) is 32.1 Å². The van der Waals surface area contributed by atoms with Crippen molar-refractivity contribution in [3.8, 4) is 0 Å². The van der Waals surface area contributed by atoms with Crippen LogP contribution in [0.3, 0.4) is 0 Å². The Labute approximate surface area is 105 Å². The number of rotatable bonds is 0. The van der Waals surface area contributed by atoms with Crippen molar-refractivity contribution in [1.29, 1.82) is 0 Å². The number of hydrogen-bond donors (Lipinski definition) is 0. The van der Waals surface area contributed by atoms with E-state index in [1.54, 1.807) is 5.92 Å². The van der Waals surface area contributed by atoms with E-state index in [1.807, 2.05) is 0 Å². The highest BCUT2D eigenvalue weighted by Gasteiger charge is 2.62. The summed E-state index contributed by atoms with van der Waals surface area (Å²) >= 11 is 11.7. The first-order valence-electron chi connectivity index (χ1n) is 4.93. The molecule has 0 heterocycles. The lowest BCUT2D eigenvalue weighted by molar-refractivity contribution is 0.117. The fourth-order valence-corrected chi connectivity index (χ4v) is 6.05. The van der Waals surface area contributed by atoms with Gasteiger partial charge in [0.2, 0.25) is 0 Å². The van der Waals surface area contributed by atoms with Gasteiger partial charge in [0.1, 0.15) is 3.23 Å². The summed E-state index contributed by atoms with van der Waals surface area (Å²) in [5, 5.41) is 0. The van der Waals surface area contributed by atoms with Gasteiger partial charge >= 0.3 is 0 Å². The van der Waals surface area contributed by atoms with Crippen LogP contribution in [0.15, 0.2) is 0 Å². The highest BCUT2D eigenvalue weighted by atomic mass is 79.9. The molecular formula is C10H12Br3. The van der Waals surface area contributed by atoms with Crippen molar-refractivity contribution in [3.05, 3.63) is 5.92 Å². The Hall–Kier alpha value is 1.44. The van der Waals surface area contributed by atoms with E-state index in [2.05, 4.69) is 47.8 Å². The van der Waals surface area contributed by atoms with Gasteiger partial charge < -0.3 is 0 Å². The molecule has 4 aliphatic carbocycles. The predicted octanol–water partition coefficient (Wildman–Crippen LogP) is 4.40. The van der Waals surface area contributed by atoms with Crippen molar-refractivity contribution in [3.63, 3.8) is 0 Å². The highest BCUT2D eigenvalue weighted by Crippen LogP contribution is 2.69. The summed E-state index contributed by atoms with van der Waals surface area (Å²) in [5.74, 6) is 3.62. The van der Waals surface area contributed by atoms with Crippen LogP contribution >= 0.6 is 47.8 Å². The second kappa shape index (κ2) is 2.76. The molecule has 1 radical (unpaired) electrons. The van der Waals surface area contributed by atoms with Crippen molar-refractivity contribution < 1.29 is 0 Å². The summed E-state index contributed by atoms with van der Waals surface area (Å²) < 4.78 is 0.403. The summed E-state index contributed by atoms with van der Waals surface area (Å²) in [6.45, 7) is 0. The third kappa shape index (κ3) is 1.19. The Kier molecular flexibility index (Phi) is 2.05. The second-order valence-corrected chi connectivity index (χ2v) is 9.89. The Balaban J connectivity index is 2.03. The molecule has 0 amide bonds. The third-order valence-electron chi connectivity index (χ3n) is 3.97. The van der Waals surface area contributed by atoms with Gasteiger partial charge in [-0.15, -0.1) is 0 Å². The Morgan fingerprint density at radius 1 is 1.00 bits per heavy atom. The maximum Gasteiger partial charge on any atom is 0.102 e. The monoisotopic (exact) mass is 369 g/mol. The maximum atomic E-state index is 3.96. The van der Waals surface area contributed by atoms with Crippen LogP contribution in [-0.4, -0.2) is 7.56 Å². The molecular weight excluding hydrogens is 360 g/mol. The average molecular weight is 372 g/mol. The van der Waals surface area contributed by atoms with Crippen LogP contribution in [0.5, 0.6) is 0 Å². The predicted molar refractivity (Wildman–Crippen MR) is 65.6 cm³/mol. The first kappa shape index (κ1) is 9.65. The van der Waals surface area contributed by atoms with Crippen LogP contribution in [-0.2, 0) is 0 Å². The highest BCUT2D eigenvalue weighted by molar-refractivity contribution is 9.26. The molecule has 0 saturated heterocycles. The molecule has 3 heteroatoms. The Morgan fingerprint density at radius 3 is 2.00 bits per heavy atom. The van der Waals surface area contributed by atoms with Crippen molar-refractivity contribution in [2.24, 2.45) is 11.8 Å². The van der Waals surface area contributed by atoms with Crippen molar-refractivity contribution in [1.82, 2.24) is 0 Å². The Bertz CT molecular complexity index is 235. The van der Waals surface area contributed by atoms with Crippen LogP contribution in [0.25, 0.3) is 0 Å². The number of hydrogen-bond acceptors (Lipinski definition) is 0. The molecule has 0 aromatic carbocycles. The molecule has 4 fully saturated rings. The van der Waals surface area contributed by atoms with E-state index in [-0.39, 0.29) is 3.23 Å². The minimum Gasteiger partial charge on any atom is -0.0828 e. The SMILES string of the molecule is BrC12CC3C[C](CC(C3)C1)C2(Br)Br. The zero-order valence-electron chi connectivity index (χ0n) is 7.32. The molecule has 4 bridgehead atoms. The topological polar surface area (TPSA) is 0 Å². The second-order valence-electron chi connectivity index (χ2n) is 4.93. The summed E-state index contributed by atoms with van der Waals surface area (Å²) in [6.07, 6.45) is 6.85. The first-order valence-corrected chi connectivity index (χ1v) is 7.31. The molecule has 0 N–H and O–H groups in total. The van der Waals surface area contributed by atoms with Crippen LogP contribution in [0, 0.1) is 17.8 Å². The number of halogens is 3. The number of alkyl halides is 3. The van der Waals surface area contributed by atoms with Crippen LogP contribution < -0.4 is 0 Å². The lowest BCUT2D eigenvalue weighted by Gasteiger charge is -2.61. The van der Waals surface area contributed by atoms with Gasteiger partial charge in [-0.2, -0.15) is 0 Å². The lowest BCUT2D eigenvalue weighted by Crippen LogP contribution is -2.58. The summed E-state index contributed by atoms with van der Waals surface area (Å²) in [7, 11) is 0. The van der Waals surface area contributed by atoms with Gasteiger partial charge in [-0.3, -0.25) is 0 Å². The van der Waals surface area contributed by atoms with E-state index in [4.69, 9.17) is 0 Å². The molecule has 13 heavy (non-hydrogen) atoms. The minimum atomic E-state index is 0.0976. The van der Waals surface area contributed by atoms with Gasteiger partial charge in [0.05, 0.1) is 4.32 Å². The largest absolute Gasteiger partial charge is 0.102 e. The van der Waals surface area contributed by atoms with Gasteiger partial charge in [-0.25, -0.2) is 0 Å². The fraction of sp³-hybridized carbons (Fsp3) is 0.900. The van der Waals surface area contributed by atoms with E-state index >= 15 is 0 Å². The van der Waals surface area contributed by atoms with Crippen molar-refractivity contribution in [2.75, 3.05) is 0 Å². The molecule has 4 aliphatic rings. The average Bonchev–Trinajstić information content (AvgIpc) is 1.99. The summed E-state index contributed by atoms with van der Waals surface area (Å²) in [4.78, 5) is 0. The van der Waals surface area contributed by atoms with Crippen LogP contribution in [0.2, 0.25) is 0 Å². The van der Waals surface area contributed by atoms with E-state index in [9.17, 15) is 0 Å². The smallest absolute Gasteiger partial charge is 0.0828 e. The molecule has 0 aromatic rings. The zero-order valence-corrected chi connectivity index (χ0v) is 12.1. The lowest BCUT2D eigenvalue weighted by atomic mass is 9.56. The van der Waals surface area contributed by atoms with Crippen LogP contribution in [0.4, 0.5) is 0 Å². The van der Waals surface area contributed by atoms with Gasteiger partial charge in [0.25, 0.3) is 0 Å². The maximum absolute atomic E-state index is 3.96. The van der Waals surface area contributed by atoms with E-state index in [0.717, 1.165) is 11.8 Å².